The van der Waals surface area contributed by atoms with Crippen molar-refractivity contribution in [1.82, 2.24) is 10.2 Å². The smallest absolute Gasteiger partial charge is 0.239 e. The first-order chi connectivity index (χ1) is 12.8. The Hall–Kier alpha value is -2.25. The third kappa shape index (κ3) is 3.24. The minimum Gasteiger partial charge on any atom is -0.423 e. The van der Waals surface area contributed by atoms with Crippen LogP contribution in [-0.4, -0.2) is 43.0 Å². The van der Waals surface area contributed by atoms with Crippen molar-refractivity contribution in [2.45, 2.75) is 37.6 Å². The molecule has 7 heteroatoms. The number of benzene rings is 1. The zero-order valence-electron chi connectivity index (χ0n) is 14.9. The van der Waals surface area contributed by atoms with E-state index in [1.54, 1.807) is 12.0 Å². The van der Waals surface area contributed by atoms with Crippen LogP contribution in [0.4, 0.5) is 5.69 Å². The van der Waals surface area contributed by atoms with E-state index in [1.165, 1.54) is 0 Å². The van der Waals surface area contributed by atoms with Crippen LogP contribution in [0.25, 0.3) is 0 Å². The molecule has 1 fully saturated rings. The lowest BCUT2D eigenvalue weighted by atomic mass is 10.0. The highest BCUT2D eigenvalue weighted by atomic mass is 16.5. The number of carbonyl (C=O) groups excluding carboxylic acids is 1. The first-order valence-electron chi connectivity index (χ1n) is 9.08. The summed E-state index contributed by atoms with van der Waals surface area (Å²) in [5.74, 6) is 1.41. The lowest BCUT2D eigenvalue weighted by Crippen LogP contribution is -2.33. The van der Waals surface area contributed by atoms with Gasteiger partial charge in [-0.3, -0.25) is 9.69 Å². The molecule has 1 aromatic heterocycles. The number of rotatable bonds is 5. The van der Waals surface area contributed by atoms with Gasteiger partial charge in [0.25, 0.3) is 0 Å². The Bertz CT molecular complexity index is 770. The zero-order chi connectivity index (χ0) is 17.9. The summed E-state index contributed by atoms with van der Waals surface area (Å²) in [6.07, 6.45) is 2.79. The lowest BCUT2D eigenvalue weighted by Gasteiger charge is -2.23. The molecule has 4 rings (SSSR count). The lowest BCUT2D eigenvalue weighted by molar-refractivity contribution is -0.120. The molecule has 1 saturated heterocycles. The van der Waals surface area contributed by atoms with Gasteiger partial charge in [-0.1, -0.05) is 18.2 Å². The molecule has 1 amide bonds. The summed E-state index contributed by atoms with van der Waals surface area (Å²) in [4.78, 5) is 14.6. The van der Waals surface area contributed by atoms with Crippen LogP contribution in [0, 0.1) is 0 Å². The molecule has 2 aliphatic rings. The molecule has 138 valence electrons. The fourth-order valence-electron chi connectivity index (χ4n) is 3.69. The number of amides is 1. The van der Waals surface area contributed by atoms with E-state index >= 15 is 0 Å². The normalized spacial score (nSPS) is 20.3. The van der Waals surface area contributed by atoms with Gasteiger partial charge in [0.2, 0.25) is 17.7 Å². The minimum atomic E-state index is -0.252. The van der Waals surface area contributed by atoms with E-state index in [4.69, 9.17) is 13.9 Å². The molecule has 2 aromatic rings. The maximum Gasteiger partial charge on any atom is 0.239 e. The van der Waals surface area contributed by atoms with E-state index in [-0.39, 0.29) is 17.9 Å². The fourth-order valence-corrected chi connectivity index (χ4v) is 3.69. The summed E-state index contributed by atoms with van der Waals surface area (Å²) in [5.41, 5.74) is 2.04. The van der Waals surface area contributed by atoms with Crippen LogP contribution < -0.4 is 4.90 Å². The number of anilines is 1. The molecule has 3 heterocycles. The van der Waals surface area contributed by atoms with Gasteiger partial charge in [0.15, 0.2) is 0 Å². The van der Waals surface area contributed by atoms with E-state index in [1.807, 2.05) is 24.3 Å². The number of nitrogens with zero attached hydrogens (tertiary/aromatic N) is 3. The highest BCUT2D eigenvalue weighted by Gasteiger charge is 2.38. The van der Waals surface area contributed by atoms with E-state index in [2.05, 4.69) is 10.2 Å². The highest BCUT2D eigenvalue weighted by molar-refractivity contribution is 5.96. The van der Waals surface area contributed by atoms with Crippen molar-refractivity contribution in [3.8, 4) is 0 Å². The molecule has 26 heavy (non-hydrogen) atoms. The van der Waals surface area contributed by atoms with Gasteiger partial charge in [0.05, 0.1) is 13.0 Å². The Morgan fingerprint density at radius 3 is 2.81 bits per heavy atom. The maximum atomic E-state index is 12.8. The summed E-state index contributed by atoms with van der Waals surface area (Å²) >= 11 is 0. The Balaban J connectivity index is 1.60. The molecule has 1 aromatic carbocycles. The standard InChI is InChI=1S/C19H23N3O4/c1-24-9-8-17(23)22-15-5-3-2-4-14(15)12-16(22)19-21-20-18(26-19)13-6-10-25-11-7-13/h2-5,13,16H,6-12H2,1H3. The van der Waals surface area contributed by atoms with Crippen molar-refractivity contribution in [2.24, 2.45) is 0 Å². The largest absolute Gasteiger partial charge is 0.423 e. The number of hydrogen-bond acceptors (Lipinski definition) is 6. The minimum absolute atomic E-state index is 0.00705. The number of carbonyl (C=O) groups is 1. The number of para-hydroxylation sites is 1. The Labute approximate surface area is 152 Å². The van der Waals surface area contributed by atoms with Crippen molar-refractivity contribution >= 4 is 11.6 Å². The summed E-state index contributed by atoms with van der Waals surface area (Å²) in [7, 11) is 1.60. The number of fused-ring (bicyclic) bond motifs is 1. The molecule has 1 unspecified atom stereocenters. The molecular weight excluding hydrogens is 334 g/mol. The van der Waals surface area contributed by atoms with Gasteiger partial charge in [-0.2, -0.15) is 0 Å². The van der Waals surface area contributed by atoms with Gasteiger partial charge in [-0.25, -0.2) is 0 Å². The van der Waals surface area contributed by atoms with Gasteiger partial charge in [0.1, 0.15) is 6.04 Å². The Morgan fingerprint density at radius 2 is 2.00 bits per heavy atom. The molecular formula is C19H23N3O4. The quantitative estimate of drug-likeness (QED) is 0.819. The van der Waals surface area contributed by atoms with Crippen molar-refractivity contribution in [3.05, 3.63) is 41.6 Å². The highest BCUT2D eigenvalue weighted by Crippen LogP contribution is 2.41. The molecule has 2 aliphatic heterocycles. The molecule has 7 nitrogen and oxygen atoms in total. The van der Waals surface area contributed by atoms with E-state index in [9.17, 15) is 4.79 Å². The van der Waals surface area contributed by atoms with Crippen LogP contribution in [0.1, 0.15) is 48.6 Å². The third-order valence-corrected chi connectivity index (χ3v) is 5.08. The summed E-state index contributed by atoms with van der Waals surface area (Å²) in [5, 5.41) is 8.56. The van der Waals surface area contributed by atoms with E-state index in [0.29, 0.717) is 31.2 Å². The fraction of sp³-hybridized carbons (Fsp3) is 0.526. The van der Waals surface area contributed by atoms with Gasteiger partial charge in [-0.05, 0) is 24.5 Å². The number of methoxy groups -OCH3 is 1. The van der Waals surface area contributed by atoms with Crippen molar-refractivity contribution in [3.63, 3.8) is 0 Å². The van der Waals surface area contributed by atoms with Crippen LogP contribution in [0.3, 0.4) is 0 Å². The summed E-state index contributed by atoms with van der Waals surface area (Å²) in [6, 6.07) is 7.69. The molecule has 0 aliphatic carbocycles. The van der Waals surface area contributed by atoms with Crippen LogP contribution in [0.5, 0.6) is 0 Å². The third-order valence-electron chi connectivity index (χ3n) is 5.08. The first-order valence-corrected chi connectivity index (χ1v) is 9.08. The van der Waals surface area contributed by atoms with Gasteiger partial charge in [-0.15, -0.1) is 10.2 Å². The number of hydrogen-bond donors (Lipinski definition) is 0. The predicted molar refractivity (Wildman–Crippen MR) is 94.0 cm³/mol. The molecule has 0 N–H and O–H groups in total. The van der Waals surface area contributed by atoms with Gasteiger partial charge >= 0.3 is 0 Å². The van der Waals surface area contributed by atoms with E-state index in [0.717, 1.165) is 37.3 Å². The molecule has 1 atom stereocenters. The summed E-state index contributed by atoms with van der Waals surface area (Å²) in [6.45, 7) is 1.83. The molecule has 0 spiro atoms. The first kappa shape index (κ1) is 17.2. The van der Waals surface area contributed by atoms with Crippen molar-refractivity contribution < 1.29 is 18.7 Å². The monoisotopic (exact) mass is 357 g/mol. The van der Waals surface area contributed by atoms with Gasteiger partial charge < -0.3 is 13.9 Å². The van der Waals surface area contributed by atoms with E-state index < -0.39 is 0 Å². The second-order valence-corrected chi connectivity index (χ2v) is 6.72. The second kappa shape index (κ2) is 7.55. The van der Waals surface area contributed by atoms with Crippen LogP contribution in [-0.2, 0) is 20.7 Å². The van der Waals surface area contributed by atoms with Crippen LogP contribution >= 0.6 is 0 Å². The summed E-state index contributed by atoms with van der Waals surface area (Å²) < 4.78 is 16.5. The molecule has 0 saturated carbocycles. The van der Waals surface area contributed by atoms with Crippen molar-refractivity contribution in [1.29, 1.82) is 0 Å². The van der Waals surface area contributed by atoms with Crippen LogP contribution in [0.15, 0.2) is 28.7 Å². The Kier molecular flexibility index (Phi) is 4.99. The van der Waals surface area contributed by atoms with Crippen LogP contribution in [0.2, 0.25) is 0 Å². The molecule has 0 bridgehead atoms. The predicted octanol–water partition coefficient (Wildman–Crippen LogP) is 2.63. The topological polar surface area (TPSA) is 77.7 Å². The molecule has 0 radical (unpaired) electrons. The average Bonchev–Trinajstić information content (AvgIpc) is 3.31. The Morgan fingerprint density at radius 1 is 1.23 bits per heavy atom. The van der Waals surface area contributed by atoms with Gasteiger partial charge in [0, 0.05) is 38.3 Å². The SMILES string of the molecule is COCCC(=O)N1c2ccccc2CC1c1nnc(C2CCOCC2)o1. The zero-order valence-corrected chi connectivity index (χ0v) is 14.9. The maximum absolute atomic E-state index is 12.8. The number of ether oxygens (including phenoxy) is 2. The van der Waals surface area contributed by atoms with Crippen molar-refractivity contribution in [2.75, 3.05) is 31.8 Å². The average molecular weight is 357 g/mol. The number of aromatic nitrogens is 2. The second-order valence-electron chi connectivity index (χ2n) is 6.72.